The normalized spacial score (nSPS) is 12.4. The molecule has 0 radical (unpaired) electrons. The summed E-state index contributed by atoms with van der Waals surface area (Å²) in [6, 6.07) is 18.4. The number of hydrogen-bond acceptors (Lipinski definition) is 4. The number of nitrogens with one attached hydrogen (secondary N) is 1. The standard InChI is InChI=1S/C23H17N3O2/c27-22(26-21-10-4-3-9-20(21)23-25-14-15-28-23)19-8-2-1-7-18(19)12-11-17-6-5-13-24-16-17/h1-10,13,16H,14-15H2,(H,26,27). The van der Waals surface area contributed by atoms with Crippen molar-refractivity contribution in [2.45, 2.75) is 0 Å². The van der Waals surface area contributed by atoms with Crippen LogP contribution in [0, 0.1) is 11.8 Å². The zero-order valence-electron chi connectivity index (χ0n) is 15.1. The topological polar surface area (TPSA) is 63.6 Å². The Morgan fingerprint density at radius 2 is 1.86 bits per heavy atom. The van der Waals surface area contributed by atoms with E-state index in [1.165, 1.54) is 0 Å². The molecular weight excluding hydrogens is 350 g/mol. The first kappa shape index (κ1) is 17.5. The highest BCUT2D eigenvalue weighted by atomic mass is 16.5. The fourth-order valence-corrected chi connectivity index (χ4v) is 2.83. The molecule has 1 amide bonds. The molecule has 1 aliphatic heterocycles. The summed E-state index contributed by atoms with van der Waals surface area (Å²) in [5.41, 5.74) is 3.37. The van der Waals surface area contributed by atoms with Crippen molar-refractivity contribution in [2.24, 2.45) is 4.99 Å². The van der Waals surface area contributed by atoms with E-state index in [4.69, 9.17) is 4.74 Å². The van der Waals surface area contributed by atoms with E-state index < -0.39 is 0 Å². The molecule has 28 heavy (non-hydrogen) atoms. The molecule has 0 atom stereocenters. The molecule has 4 rings (SSSR count). The Balaban J connectivity index is 1.61. The van der Waals surface area contributed by atoms with E-state index in [0.29, 0.717) is 35.9 Å². The van der Waals surface area contributed by atoms with Crippen molar-refractivity contribution in [2.75, 3.05) is 18.5 Å². The van der Waals surface area contributed by atoms with E-state index in [1.807, 2.05) is 54.6 Å². The van der Waals surface area contributed by atoms with Gasteiger partial charge in [0.2, 0.25) is 5.90 Å². The first-order chi connectivity index (χ1) is 13.8. The molecule has 0 aliphatic carbocycles. The second-order valence-electron chi connectivity index (χ2n) is 6.07. The first-order valence-corrected chi connectivity index (χ1v) is 8.90. The molecule has 1 aromatic heterocycles. The number of aliphatic imine (C=N–C) groups is 1. The summed E-state index contributed by atoms with van der Waals surface area (Å²) in [7, 11) is 0. The minimum Gasteiger partial charge on any atom is -0.475 e. The number of para-hydroxylation sites is 1. The lowest BCUT2D eigenvalue weighted by Crippen LogP contribution is -2.16. The minimum absolute atomic E-state index is 0.234. The summed E-state index contributed by atoms with van der Waals surface area (Å²) in [6.07, 6.45) is 3.39. The second kappa shape index (κ2) is 8.19. The number of carbonyl (C=O) groups is 1. The predicted octanol–water partition coefficient (Wildman–Crippen LogP) is 3.51. The number of carbonyl (C=O) groups excluding carboxylic acids is 1. The summed E-state index contributed by atoms with van der Waals surface area (Å²) >= 11 is 0. The predicted molar refractivity (Wildman–Crippen MR) is 108 cm³/mol. The van der Waals surface area contributed by atoms with Crippen LogP contribution >= 0.6 is 0 Å². The molecule has 0 saturated heterocycles. The van der Waals surface area contributed by atoms with Crippen LogP contribution in [-0.2, 0) is 4.74 Å². The van der Waals surface area contributed by atoms with Crippen LogP contribution in [0.5, 0.6) is 0 Å². The molecule has 5 heteroatoms. The van der Waals surface area contributed by atoms with Crippen LogP contribution in [0.15, 0.2) is 78.0 Å². The van der Waals surface area contributed by atoms with E-state index in [9.17, 15) is 4.79 Å². The molecule has 0 spiro atoms. The van der Waals surface area contributed by atoms with Gasteiger partial charge in [-0.05, 0) is 36.4 Å². The van der Waals surface area contributed by atoms with Gasteiger partial charge in [-0.1, -0.05) is 36.1 Å². The van der Waals surface area contributed by atoms with Crippen molar-refractivity contribution in [3.63, 3.8) is 0 Å². The van der Waals surface area contributed by atoms with Crippen LogP contribution in [-0.4, -0.2) is 29.9 Å². The average molecular weight is 367 g/mol. The quantitative estimate of drug-likeness (QED) is 0.721. The van der Waals surface area contributed by atoms with Gasteiger partial charge in [0.25, 0.3) is 5.91 Å². The molecule has 3 aromatic rings. The Hall–Kier alpha value is -3.91. The maximum absolute atomic E-state index is 12.9. The van der Waals surface area contributed by atoms with Crippen LogP contribution in [0.1, 0.15) is 27.0 Å². The van der Waals surface area contributed by atoms with Gasteiger partial charge in [0.05, 0.1) is 23.4 Å². The van der Waals surface area contributed by atoms with Crippen molar-refractivity contribution in [1.29, 1.82) is 0 Å². The van der Waals surface area contributed by atoms with Gasteiger partial charge in [0.15, 0.2) is 0 Å². The third-order valence-electron chi connectivity index (χ3n) is 4.17. The van der Waals surface area contributed by atoms with Gasteiger partial charge in [-0.3, -0.25) is 9.78 Å². The monoisotopic (exact) mass is 367 g/mol. The maximum Gasteiger partial charge on any atom is 0.256 e. The number of aromatic nitrogens is 1. The molecule has 0 unspecified atom stereocenters. The third kappa shape index (κ3) is 3.92. The molecule has 136 valence electrons. The average Bonchev–Trinajstić information content (AvgIpc) is 3.28. The third-order valence-corrected chi connectivity index (χ3v) is 4.17. The number of nitrogens with zero attached hydrogens (tertiary/aromatic N) is 2. The van der Waals surface area contributed by atoms with Crippen LogP contribution in [0.3, 0.4) is 0 Å². The van der Waals surface area contributed by atoms with Gasteiger partial charge in [0, 0.05) is 23.5 Å². The second-order valence-corrected chi connectivity index (χ2v) is 6.07. The minimum atomic E-state index is -0.234. The molecule has 5 nitrogen and oxygen atoms in total. The summed E-state index contributed by atoms with van der Waals surface area (Å²) in [5.74, 6) is 6.43. The maximum atomic E-state index is 12.9. The number of rotatable bonds is 3. The molecule has 2 heterocycles. The summed E-state index contributed by atoms with van der Waals surface area (Å²) in [6.45, 7) is 1.19. The highest BCUT2D eigenvalue weighted by Gasteiger charge is 2.17. The zero-order valence-corrected chi connectivity index (χ0v) is 15.1. The zero-order chi connectivity index (χ0) is 19.2. The number of pyridine rings is 1. The van der Waals surface area contributed by atoms with Gasteiger partial charge in [0.1, 0.15) is 6.61 Å². The molecular formula is C23H17N3O2. The van der Waals surface area contributed by atoms with Gasteiger partial charge in [-0.15, -0.1) is 0 Å². The van der Waals surface area contributed by atoms with Gasteiger partial charge < -0.3 is 10.1 Å². The Morgan fingerprint density at radius 1 is 1.00 bits per heavy atom. The Kier molecular flexibility index (Phi) is 5.12. The van der Waals surface area contributed by atoms with Gasteiger partial charge >= 0.3 is 0 Å². The van der Waals surface area contributed by atoms with E-state index in [1.54, 1.807) is 18.5 Å². The number of hydrogen-bond donors (Lipinski definition) is 1. The van der Waals surface area contributed by atoms with Crippen molar-refractivity contribution >= 4 is 17.5 Å². The van der Waals surface area contributed by atoms with Crippen molar-refractivity contribution in [3.05, 3.63) is 95.3 Å². The smallest absolute Gasteiger partial charge is 0.256 e. The molecule has 0 saturated carbocycles. The molecule has 2 aromatic carbocycles. The fraction of sp³-hybridized carbons (Fsp3) is 0.0870. The van der Waals surface area contributed by atoms with Crippen LogP contribution in [0.4, 0.5) is 5.69 Å². The van der Waals surface area contributed by atoms with Crippen molar-refractivity contribution in [3.8, 4) is 11.8 Å². The van der Waals surface area contributed by atoms with Crippen LogP contribution in [0.25, 0.3) is 0 Å². The lowest BCUT2D eigenvalue weighted by Gasteiger charge is -2.11. The molecule has 0 bridgehead atoms. The number of amides is 1. The fourth-order valence-electron chi connectivity index (χ4n) is 2.83. The van der Waals surface area contributed by atoms with Crippen LogP contribution < -0.4 is 5.32 Å². The van der Waals surface area contributed by atoms with E-state index in [0.717, 1.165) is 11.1 Å². The molecule has 1 N–H and O–H groups in total. The molecule has 0 fully saturated rings. The van der Waals surface area contributed by atoms with E-state index >= 15 is 0 Å². The summed E-state index contributed by atoms with van der Waals surface area (Å²) in [5, 5.41) is 2.96. The number of anilines is 1. The lowest BCUT2D eigenvalue weighted by molar-refractivity contribution is 0.102. The lowest BCUT2D eigenvalue weighted by atomic mass is 10.1. The van der Waals surface area contributed by atoms with Crippen LogP contribution in [0.2, 0.25) is 0 Å². The first-order valence-electron chi connectivity index (χ1n) is 8.90. The van der Waals surface area contributed by atoms with E-state index in [-0.39, 0.29) is 5.91 Å². The van der Waals surface area contributed by atoms with Crippen molar-refractivity contribution < 1.29 is 9.53 Å². The Bertz CT molecular complexity index is 1100. The van der Waals surface area contributed by atoms with Crippen molar-refractivity contribution in [1.82, 2.24) is 4.98 Å². The summed E-state index contributed by atoms with van der Waals surface area (Å²) in [4.78, 5) is 21.3. The largest absolute Gasteiger partial charge is 0.475 e. The highest BCUT2D eigenvalue weighted by molar-refractivity contribution is 6.10. The van der Waals surface area contributed by atoms with Gasteiger partial charge in [-0.25, -0.2) is 4.99 Å². The molecule has 1 aliphatic rings. The van der Waals surface area contributed by atoms with Gasteiger partial charge in [-0.2, -0.15) is 0 Å². The van der Waals surface area contributed by atoms with E-state index in [2.05, 4.69) is 27.1 Å². The highest BCUT2D eigenvalue weighted by Crippen LogP contribution is 2.20. The number of benzene rings is 2. The summed E-state index contributed by atoms with van der Waals surface area (Å²) < 4.78 is 5.55. The number of ether oxygens (including phenoxy) is 1. The Labute approximate surface area is 163 Å². The Morgan fingerprint density at radius 3 is 2.68 bits per heavy atom. The SMILES string of the molecule is O=C(Nc1ccccc1C1=NCCO1)c1ccccc1C#Cc1cccnc1.